The van der Waals surface area contributed by atoms with Crippen molar-refractivity contribution in [2.45, 2.75) is 32.1 Å². The number of hydrogen-bond acceptors (Lipinski definition) is 4. The number of carbonyl (C=O) groups excluding carboxylic acids is 1. The number of carbonyl (C=O) groups is 1. The van der Waals surface area contributed by atoms with E-state index in [1.165, 1.54) is 32.1 Å². The third-order valence-electron chi connectivity index (χ3n) is 4.28. The fourth-order valence-corrected chi connectivity index (χ4v) is 3.07. The van der Waals surface area contributed by atoms with Gasteiger partial charge in [0.15, 0.2) is 5.82 Å². The number of hydrogen-bond donors (Lipinski definition) is 1. The first-order valence-electron chi connectivity index (χ1n) is 7.97. The number of anilines is 1. The van der Waals surface area contributed by atoms with E-state index in [1.54, 1.807) is 18.5 Å². The van der Waals surface area contributed by atoms with Crippen LogP contribution in [0.15, 0.2) is 36.7 Å². The zero-order chi connectivity index (χ0) is 15.2. The quantitative estimate of drug-likeness (QED) is 0.849. The van der Waals surface area contributed by atoms with Crippen molar-refractivity contribution in [1.29, 1.82) is 0 Å². The Kier molecular flexibility index (Phi) is 4.78. The second-order valence-electron chi connectivity index (χ2n) is 5.88. The summed E-state index contributed by atoms with van der Waals surface area (Å²) in [4.78, 5) is 19.8. The molecule has 1 fully saturated rings. The Hall–Kier alpha value is -2.23. The molecule has 0 aliphatic heterocycles. The molecule has 1 N–H and O–H groups in total. The fraction of sp³-hybridized carbons (Fsp3) is 0.389. The summed E-state index contributed by atoms with van der Waals surface area (Å²) in [5.41, 5.74) is 2.38. The summed E-state index contributed by atoms with van der Waals surface area (Å²) in [6, 6.07) is 7.48. The van der Waals surface area contributed by atoms with Crippen molar-refractivity contribution < 1.29 is 4.79 Å². The molecule has 0 amide bonds. The third-order valence-corrected chi connectivity index (χ3v) is 4.28. The minimum atomic E-state index is 0.654. The van der Waals surface area contributed by atoms with Crippen LogP contribution in [0.3, 0.4) is 0 Å². The first-order chi connectivity index (χ1) is 10.9. The average Bonchev–Trinajstić information content (AvgIpc) is 2.61. The summed E-state index contributed by atoms with van der Waals surface area (Å²) >= 11 is 0. The van der Waals surface area contributed by atoms with Crippen LogP contribution in [0, 0.1) is 5.92 Å². The van der Waals surface area contributed by atoms with Gasteiger partial charge in [0.05, 0.1) is 0 Å². The van der Waals surface area contributed by atoms with Gasteiger partial charge in [-0.25, -0.2) is 4.98 Å². The number of nitrogens with one attached hydrogen (secondary N) is 1. The molecule has 0 spiro atoms. The topological polar surface area (TPSA) is 54.9 Å². The maximum absolute atomic E-state index is 11.0. The highest BCUT2D eigenvalue weighted by Crippen LogP contribution is 2.27. The zero-order valence-electron chi connectivity index (χ0n) is 12.7. The molecule has 4 nitrogen and oxygen atoms in total. The first-order valence-corrected chi connectivity index (χ1v) is 7.97. The predicted molar refractivity (Wildman–Crippen MR) is 87.9 cm³/mol. The van der Waals surface area contributed by atoms with E-state index in [0.717, 1.165) is 35.8 Å². The molecule has 1 saturated carbocycles. The van der Waals surface area contributed by atoms with Crippen LogP contribution in [0.5, 0.6) is 0 Å². The molecule has 1 aliphatic rings. The van der Waals surface area contributed by atoms with Gasteiger partial charge in [0.25, 0.3) is 0 Å². The van der Waals surface area contributed by atoms with Gasteiger partial charge in [-0.2, -0.15) is 0 Å². The third kappa shape index (κ3) is 3.50. The van der Waals surface area contributed by atoms with E-state index in [9.17, 15) is 4.79 Å². The molecule has 1 aromatic heterocycles. The predicted octanol–water partition coefficient (Wildman–Crippen LogP) is 3.95. The van der Waals surface area contributed by atoms with Crippen LogP contribution in [0.1, 0.15) is 42.5 Å². The molecule has 3 rings (SSSR count). The van der Waals surface area contributed by atoms with Gasteiger partial charge in [-0.1, -0.05) is 37.5 Å². The van der Waals surface area contributed by atoms with Crippen molar-refractivity contribution in [3.63, 3.8) is 0 Å². The van der Waals surface area contributed by atoms with Gasteiger partial charge in [-0.3, -0.25) is 9.78 Å². The van der Waals surface area contributed by atoms with E-state index < -0.39 is 0 Å². The van der Waals surface area contributed by atoms with E-state index in [1.807, 2.05) is 18.2 Å². The fourth-order valence-electron chi connectivity index (χ4n) is 3.07. The minimum absolute atomic E-state index is 0.654. The van der Waals surface area contributed by atoms with E-state index in [-0.39, 0.29) is 0 Å². The number of benzene rings is 1. The summed E-state index contributed by atoms with van der Waals surface area (Å²) in [6.07, 6.45) is 10.9. The Morgan fingerprint density at radius 2 is 1.95 bits per heavy atom. The Labute approximate surface area is 131 Å². The summed E-state index contributed by atoms with van der Waals surface area (Å²) in [6.45, 7) is 0.944. The molecule has 4 heteroatoms. The van der Waals surface area contributed by atoms with Crippen LogP contribution in [-0.4, -0.2) is 22.8 Å². The average molecular weight is 295 g/mol. The molecule has 2 aromatic rings. The summed E-state index contributed by atoms with van der Waals surface area (Å²) in [5, 5.41) is 3.46. The molecule has 0 bridgehead atoms. The van der Waals surface area contributed by atoms with Crippen molar-refractivity contribution >= 4 is 12.1 Å². The van der Waals surface area contributed by atoms with Crippen molar-refractivity contribution in [2.75, 3.05) is 11.9 Å². The lowest BCUT2D eigenvalue weighted by atomic mass is 9.89. The zero-order valence-corrected chi connectivity index (χ0v) is 12.7. The van der Waals surface area contributed by atoms with Crippen molar-refractivity contribution in [3.05, 3.63) is 42.2 Å². The Balaban J connectivity index is 1.78. The van der Waals surface area contributed by atoms with Crippen LogP contribution in [0.2, 0.25) is 0 Å². The lowest BCUT2D eigenvalue weighted by Gasteiger charge is -2.22. The molecular formula is C18H21N3O. The van der Waals surface area contributed by atoms with E-state index >= 15 is 0 Å². The van der Waals surface area contributed by atoms with Crippen molar-refractivity contribution in [1.82, 2.24) is 9.97 Å². The maximum Gasteiger partial charge on any atom is 0.152 e. The van der Waals surface area contributed by atoms with Gasteiger partial charge in [-0.15, -0.1) is 0 Å². The Bertz CT molecular complexity index is 636. The van der Waals surface area contributed by atoms with Crippen LogP contribution < -0.4 is 5.32 Å². The van der Waals surface area contributed by atoms with Gasteiger partial charge in [0.2, 0.25) is 0 Å². The van der Waals surface area contributed by atoms with Gasteiger partial charge in [0.1, 0.15) is 12.0 Å². The van der Waals surface area contributed by atoms with E-state index in [2.05, 4.69) is 15.3 Å². The highest BCUT2D eigenvalue weighted by molar-refractivity contribution is 5.80. The monoisotopic (exact) mass is 295 g/mol. The molecule has 0 atom stereocenters. The second kappa shape index (κ2) is 7.16. The standard InChI is InChI=1S/C18H21N3O/c22-13-15-7-4-8-16(11-15)17-18(20-10-9-19-17)21-12-14-5-2-1-3-6-14/h4,7-11,13-14H,1-3,5-6,12H2,(H,20,21). The Morgan fingerprint density at radius 1 is 1.14 bits per heavy atom. The molecule has 1 heterocycles. The molecule has 114 valence electrons. The summed E-state index contributed by atoms with van der Waals surface area (Å²) < 4.78 is 0. The molecule has 1 aliphatic carbocycles. The van der Waals surface area contributed by atoms with Gasteiger partial charge in [-0.05, 0) is 24.8 Å². The highest BCUT2D eigenvalue weighted by atomic mass is 16.1. The summed E-state index contributed by atoms with van der Waals surface area (Å²) in [5.74, 6) is 1.53. The van der Waals surface area contributed by atoms with Crippen LogP contribution in [0.4, 0.5) is 5.82 Å². The second-order valence-corrected chi connectivity index (χ2v) is 5.88. The largest absolute Gasteiger partial charge is 0.368 e. The van der Waals surface area contributed by atoms with Crippen LogP contribution in [-0.2, 0) is 0 Å². The van der Waals surface area contributed by atoms with Gasteiger partial charge >= 0.3 is 0 Å². The first kappa shape index (κ1) is 14.7. The normalized spacial score (nSPS) is 15.5. The number of nitrogens with zero attached hydrogens (tertiary/aromatic N) is 2. The molecule has 0 saturated heterocycles. The molecule has 22 heavy (non-hydrogen) atoms. The van der Waals surface area contributed by atoms with E-state index in [0.29, 0.717) is 5.56 Å². The van der Waals surface area contributed by atoms with Crippen molar-refractivity contribution in [3.8, 4) is 11.3 Å². The van der Waals surface area contributed by atoms with Crippen LogP contribution >= 0.6 is 0 Å². The lowest BCUT2D eigenvalue weighted by molar-refractivity contribution is 0.112. The van der Waals surface area contributed by atoms with Gasteiger partial charge in [0, 0.05) is 30.1 Å². The summed E-state index contributed by atoms with van der Waals surface area (Å²) in [7, 11) is 0. The molecule has 1 aromatic carbocycles. The number of aromatic nitrogens is 2. The highest BCUT2D eigenvalue weighted by Gasteiger charge is 2.15. The lowest BCUT2D eigenvalue weighted by Crippen LogP contribution is -2.18. The SMILES string of the molecule is O=Cc1cccc(-c2nccnc2NCC2CCCCC2)c1. The van der Waals surface area contributed by atoms with Gasteiger partial charge < -0.3 is 5.32 Å². The van der Waals surface area contributed by atoms with Crippen molar-refractivity contribution in [2.24, 2.45) is 5.92 Å². The maximum atomic E-state index is 11.0. The van der Waals surface area contributed by atoms with E-state index in [4.69, 9.17) is 0 Å². The Morgan fingerprint density at radius 3 is 2.77 bits per heavy atom. The molecule has 0 radical (unpaired) electrons. The molecular weight excluding hydrogens is 274 g/mol. The minimum Gasteiger partial charge on any atom is -0.368 e. The smallest absolute Gasteiger partial charge is 0.152 e. The number of aldehydes is 1. The molecule has 0 unspecified atom stereocenters. The number of rotatable bonds is 5. The van der Waals surface area contributed by atoms with Crippen LogP contribution in [0.25, 0.3) is 11.3 Å².